The van der Waals surface area contributed by atoms with Crippen LogP contribution >= 0.6 is 23.2 Å². The Bertz CT molecular complexity index is 904. The molecule has 1 unspecified atom stereocenters. The summed E-state index contributed by atoms with van der Waals surface area (Å²) in [6.45, 7) is 3.89. The molecule has 0 bridgehead atoms. The summed E-state index contributed by atoms with van der Waals surface area (Å²) in [5.74, 6) is 0.417. The Morgan fingerprint density at radius 1 is 1.11 bits per heavy atom. The molecule has 0 aliphatic rings. The molecule has 7 nitrogen and oxygen atoms in total. The lowest BCUT2D eigenvalue weighted by Crippen LogP contribution is -2.47. The van der Waals surface area contributed by atoms with Crippen LogP contribution in [0.4, 0.5) is 0 Å². The van der Waals surface area contributed by atoms with Gasteiger partial charge in [-0.2, -0.15) is 0 Å². The third-order valence-electron chi connectivity index (χ3n) is 3.31. The minimum absolute atomic E-state index is 0.0279. The Morgan fingerprint density at radius 2 is 1.74 bits per heavy atom. The topological polar surface area (TPSA) is 93.7 Å². The van der Waals surface area contributed by atoms with Gasteiger partial charge in [-0.3, -0.25) is 10.2 Å². The molecule has 1 atom stereocenters. The molecule has 0 saturated carbocycles. The number of carbonyl (C=O) groups is 1. The van der Waals surface area contributed by atoms with Gasteiger partial charge in [0, 0.05) is 5.02 Å². The Balaban J connectivity index is 1.96. The van der Waals surface area contributed by atoms with Crippen LogP contribution in [0.25, 0.3) is 0 Å². The molecule has 0 fully saturated rings. The molecule has 0 aliphatic carbocycles. The normalized spacial score (nSPS) is 12.3. The van der Waals surface area contributed by atoms with E-state index >= 15 is 0 Å². The summed E-state index contributed by atoms with van der Waals surface area (Å²) in [6.07, 6.45) is -0.958. The van der Waals surface area contributed by atoms with Crippen molar-refractivity contribution < 1.29 is 22.7 Å². The molecule has 2 aromatic carbocycles. The highest BCUT2D eigenvalue weighted by atomic mass is 35.5. The Labute approximate surface area is 167 Å². The van der Waals surface area contributed by atoms with Crippen molar-refractivity contribution in [3.8, 4) is 11.5 Å². The van der Waals surface area contributed by atoms with Gasteiger partial charge in [0.1, 0.15) is 16.4 Å². The van der Waals surface area contributed by atoms with E-state index in [9.17, 15) is 13.2 Å². The van der Waals surface area contributed by atoms with Crippen molar-refractivity contribution in [3.63, 3.8) is 0 Å². The first-order valence-corrected chi connectivity index (χ1v) is 10.1. The average molecular weight is 433 g/mol. The largest absolute Gasteiger partial charge is 0.494 e. The molecule has 0 spiro atoms. The zero-order chi connectivity index (χ0) is 20.0. The van der Waals surface area contributed by atoms with Crippen molar-refractivity contribution in [1.82, 2.24) is 10.3 Å². The van der Waals surface area contributed by atoms with Gasteiger partial charge in [-0.05, 0) is 56.3 Å². The standard InChI is InChI=1S/C17H18Cl2N2O5S/c1-3-25-13-5-7-14(8-6-13)26-11(2)17(22)20-21-27(23,24)16-10-12(18)4-9-15(16)19/h4-11,21H,3H2,1-2H3,(H,20,22). The predicted molar refractivity (Wildman–Crippen MR) is 103 cm³/mol. The van der Waals surface area contributed by atoms with Crippen molar-refractivity contribution in [2.75, 3.05) is 6.61 Å². The molecule has 0 heterocycles. The number of hydrogen-bond donors (Lipinski definition) is 2. The molecule has 0 saturated heterocycles. The van der Waals surface area contributed by atoms with Crippen molar-refractivity contribution >= 4 is 39.1 Å². The van der Waals surface area contributed by atoms with E-state index in [4.69, 9.17) is 32.7 Å². The minimum atomic E-state index is -4.10. The van der Waals surface area contributed by atoms with Gasteiger partial charge in [0.25, 0.3) is 15.9 Å². The van der Waals surface area contributed by atoms with Crippen molar-refractivity contribution in [2.45, 2.75) is 24.8 Å². The molecule has 2 N–H and O–H groups in total. The van der Waals surface area contributed by atoms with Crippen LogP contribution in [0.2, 0.25) is 10.0 Å². The maximum atomic E-state index is 12.3. The molecule has 2 aromatic rings. The average Bonchev–Trinajstić information content (AvgIpc) is 2.63. The van der Waals surface area contributed by atoms with Crippen LogP contribution in [-0.2, 0) is 14.8 Å². The van der Waals surface area contributed by atoms with Crippen LogP contribution in [0.15, 0.2) is 47.4 Å². The Kier molecular flexibility index (Phi) is 7.32. The second-order valence-corrected chi connectivity index (χ2v) is 7.83. The van der Waals surface area contributed by atoms with Crippen LogP contribution in [-0.4, -0.2) is 27.0 Å². The Hall–Kier alpha value is -2.00. The highest BCUT2D eigenvalue weighted by molar-refractivity contribution is 7.89. The number of nitrogens with one attached hydrogen (secondary N) is 2. The van der Waals surface area contributed by atoms with Crippen molar-refractivity contribution in [2.24, 2.45) is 0 Å². The molecule has 2 rings (SSSR count). The summed E-state index contributed by atoms with van der Waals surface area (Å²) < 4.78 is 35.3. The van der Waals surface area contributed by atoms with E-state index in [1.807, 2.05) is 11.8 Å². The monoisotopic (exact) mass is 432 g/mol. The lowest BCUT2D eigenvalue weighted by molar-refractivity contribution is -0.127. The maximum absolute atomic E-state index is 12.3. The van der Waals surface area contributed by atoms with E-state index in [1.165, 1.54) is 25.1 Å². The number of carbonyl (C=O) groups excluding carboxylic acids is 1. The van der Waals surface area contributed by atoms with E-state index in [0.29, 0.717) is 18.1 Å². The fourth-order valence-electron chi connectivity index (χ4n) is 2.00. The van der Waals surface area contributed by atoms with E-state index in [0.717, 1.165) is 0 Å². The first kappa shape index (κ1) is 21.3. The number of ether oxygens (including phenoxy) is 2. The smallest absolute Gasteiger partial charge is 0.275 e. The molecule has 0 aromatic heterocycles. The van der Waals surface area contributed by atoms with Crippen LogP contribution in [0.5, 0.6) is 11.5 Å². The SMILES string of the molecule is CCOc1ccc(OC(C)C(=O)NNS(=O)(=O)c2cc(Cl)ccc2Cl)cc1. The number of hydrogen-bond acceptors (Lipinski definition) is 5. The summed E-state index contributed by atoms with van der Waals surface area (Å²) in [6, 6.07) is 10.7. The zero-order valence-electron chi connectivity index (χ0n) is 14.5. The molecule has 10 heteroatoms. The highest BCUT2D eigenvalue weighted by Crippen LogP contribution is 2.24. The van der Waals surface area contributed by atoms with Gasteiger partial charge in [0.15, 0.2) is 6.10 Å². The van der Waals surface area contributed by atoms with Gasteiger partial charge in [-0.15, -0.1) is 4.83 Å². The second-order valence-electron chi connectivity index (χ2n) is 5.33. The lowest BCUT2D eigenvalue weighted by atomic mass is 10.3. The van der Waals surface area contributed by atoms with Gasteiger partial charge in [-0.1, -0.05) is 23.2 Å². The number of amides is 1. The molecular weight excluding hydrogens is 415 g/mol. The molecule has 27 heavy (non-hydrogen) atoms. The molecule has 1 amide bonds. The number of benzene rings is 2. The number of sulfonamides is 1. The van der Waals surface area contributed by atoms with E-state index in [-0.39, 0.29) is 14.9 Å². The lowest BCUT2D eigenvalue weighted by Gasteiger charge is -2.16. The first-order chi connectivity index (χ1) is 12.7. The second kappa shape index (κ2) is 9.27. The summed E-state index contributed by atoms with van der Waals surface area (Å²) in [7, 11) is -4.10. The fraction of sp³-hybridized carbons (Fsp3) is 0.235. The minimum Gasteiger partial charge on any atom is -0.494 e. The van der Waals surface area contributed by atoms with E-state index in [2.05, 4.69) is 5.43 Å². The Morgan fingerprint density at radius 3 is 2.37 bits per heavy atom. The zero-order valence-corrected chi connectivity index (χ0v) is 16.9. The molecule has 0 aliphatic heterocycles. The molecule has 146 valence electrons. The van der Waals surface area contributed by atoms with Gasteiger partial charge in [0.2, 0.25) is 0 Å². The van der Waals surface area contributed by atoms with Crippen LogP contribution in [0.3, 0.4) is 0 Å². The van der Waals surface area contributed by atoms with Crippen molar-refractivity contribution in [3.05, 3.63) is 52.5 Å². The maximum Gasteiger partial charge on any atom is 0.275 e. The third-order valence-corrected chi connectivity index (χ3v) is 5.27. The number of rotatable bonds is 8. The fourth-order valence-corrected chi connectivity index (χ4v) is 3.61. The summed E-state index contributed by atoms with van der Waals surface area (Å²) in [5, 5.41) is 0.165. The summed E-state index contributed by atoms with van der Waals surface area (Å²) in [5.41, 5.74) is 2.09. The summed E-state index contributed by atoms with van der Waals surface area (Å²) >= 11 is 11.7. The predicted octanol–water partition coefficient (Wildman–Crippen LogP) is 3.17. The number of halogens is 2. The highest BCUT2D eigenvalue weighted by Gasteiger charge is 2.21. The molecular formula is C17H18Cl2N2O5S. The first-order valence-electron chi connectivity index (χ1n) is 7.89. The van der Waals surface area contributed by atoms with Gasteiger partial charge < -0.3 is 9.47 Å². The summed E-state index contributed by atoms with van der Waals surface area (Å²) in [4.78, 5) is 13.8. The van der Waals surface area contributed by atoms with Crippen molar-refractivity contribution in [1.29, 1.82) is 0 Å². The van der Waals surface area contributed by atoms with Crippen LogP contribution in [0, 0.1) is 0 Å². The van der Waals surface area contributed by atoms with E-state index < -0.39 is 22.0 Å². The van der Waals surface area contributed by atoms with Gasteiger partial charge >= 0.3 is 0 Å². The van der Waals surface area contributed by atoms with Crippen LogP contribution in [0.1, 0.15) is 13.8 Å². The van der Waals surface area contributed by atoms with Crippen LogP contribution < -0.4 is 19.7 Å². The van der Waals surface area contributed by atoms with Gasteiger partial charge in [0.05, 0.1) is 11.6 Å². The number of hydrazine groups is 1. The third kappa shape index (κ3) is 6.00. The van der Waals surface area contributed by atoms with E-state index in [1.54, 1.807) is 24.3 Å². The van der Waals surface area contributed by atoms with Gasteiger partial charge in [-0.25, -0.2) is 8.42 Å². The quantitative estimate of drug-likeness (QED) is 0.624. The molecule has 0 radical (unpaired) electrons.